The summed E-state index contributed by atoms with van der Waals surface area (Å²) in [5.74, 6) is -0.891. The molecule has 2 aromatic rings. The van der Waals surface area contributed by atoms with Crippen LogP contribution in [0.5, 0.6) is 0 Å². The number of likely N-dealkylation sites (tertiary alicyclic amines) is 1. The second kappa shape index (κ2) is 8.33. The van der Waals surface area contributed by atoms with E-state index in [9.17, 15) is 14.4 Å². The number of fused-ring (bicyclic) bond motifs is 1. The number of anilines is 1. The third-order valence-corrected chi connectivity index (χ3v) is 5.58. The lowest BCUT2D eigenvalue weighted by atomic mass is 10.3. The molecule has 3 amide bonds. The van der Waals surface area contributed by atoms with Crippen molar-refractivity contribution in [2.75, 3.05) is 38.6 Å². The molecule has 1 saturated heterocycles. The fourth-order valence-electron chi connectivity index (χ4n) is 2.89. The van der Waals surface area contributed by atoms with Crippen molar-refractivity contribution in [3.8, 4) is 0 Å². The van der Waals surface area contributed by atoms with Gasteiger partial charge in [0.05, 0.1) is 10.2 Å². The summed E-state index contributed by atoms with van der Waals surface area (Å²) in [5, 5.41) is 1.16. The highest BCUT2D eigenvalue weighted by molar-refractivity contribution is 7.22. The normalized spacial score (nSPS) is 14.6. The van der Waals surface area contributed by atoms with Gasteiger partial charge in [0.25, 0.3) is 0 Å². The van der Waals surface area contributed by atoms with Gasteiger partial charge in [0.15, 0.2) is 5.13 Å². The topological polar surface area (TPSA) is 73.8 Å². The molecule has 0 unspecified atom stereocenters. The Kier molecular flexibility index (Phi) is 6.08. The first kappa shape index (κ1) is 19.7. The zero-order chi connectivity index (χ0) is 19.6. The Balaban J connectivity index is 1.83. The molecule has 0 N–H and O–H groups in total. The summed E-state index contributed by atoms with van der Waals surface area (Å²) in [7, 11) is 3.93. The third-order valence-electron chi connectivity index (χ3n) is 4.31. The van der Waals surface area contributed by atoms with Gasteiger partial charge in [0.2, 0.25) is 17.7 Å². The lowest BCUT2D eigenvalue weighted by Gasteiger charge is -2.23. The molecular weight excluding hydrogens is 388 g/mol. The van der Waals surface area contributed by atoms with E-state index in [0.717, 1.165) is 28.1 Å². The molecular formula is C18H21ClN4O3S. The van der Waals surface area contributed by atoms with Crippen LogP contribution < -0.4 is 4.90 Å². The third kappa shape index (κ3) is 4.63. The van der Waals surface area contributed by atoms with E-state index < -0.39 is 0 Å². The van der Waals surface area contributed by atoms with Gasteiger partial charge in [-0.05, 0) is 45.3 Å². The van der Waals surface area contributed by atoms with E-state index in [2.05, 4.69) is 4.98 Å². The van der Waals surface area contributed by atoms with Crippen molar-refractivity contribution in [3.63, 3.8) is 0 Å². The van der Waals surface area contributed by atoms with Crippen LogP contribution in [0.15, 0.2) is 18.2 Å². The van der Waals surface area contributed by atoms with Gasteiger partial charge in [-0.25, -0.2) is 4.98 Å². The van der Waals surface area contributed by atoms with Gasteiger partial charge < -0.3 is 4.90 Å². The Bertz CT molecular complexity index is 867. The van der Waals surface area contributed by atoms with Gasteiger partial charge in [0, 0.05) is 24.4 Å². The smallest absolute Gasteiger partial charge is 0.248 e. The fourth-order valence-corrected chi connectivity index (χ4v) is 4.18. The number of carbonyl (C=O) groups excluding carboxylic acids is 3. The molecule has 0 saturated carbocycles. The summed E-state index contributed by atoms with van der Waals surface area (Å²) in [6, 6.07) is 5.38. The number of hydrogen-bond acceptors (Lipinski definition) is 6. The Morgan fingerprint density at radius 1 is 1.22 bits per heavy atom. The van der Waals surface area contributed by atoms with Crippen LogP contribution in [0.2, 0.25) is 5.02 Å². The largest absolute Gasteiger partial charge is 0.309 e. The highest BCUT2D eigenvalue weighted by Crippen LogP contribution is 2.31. The van der Waals surface area contributed by atoms with Gasteiger partial charge in [-0.1, -0.05) is 22.9 Å². The Labute approximate surface area is 166 Å². The minimum Gasteiger partial charge on any atom is -0.309 e. The Hall–Kier alpha value is -2.03. The first-order valence-electron chi connectivity index (χ1n) is 8.69. The van der Waals surface area contributed by atoms with Crippen molar-refractivity contribution >= 4 is 56.0 Å². The van der Waals surface area contributed by atoms with Crippen LogP contribution in [0, 0.1) is 0 Å². The average molecular weight is 409 g/mol. The number of aromatic nitrogens is 1. The molecule has 9 heteroatoms. The first-order chi connectivity index (χ1) is 12.8. The van der Waals surface area contributed by atoms with E-state index in [0.29, 0.717) is 16.7 Å². The fraction of sp³-hybridized carbons (Fsp3) is 0.444. The van der Waals surface area contributed by atoms with Crippen LogP contribution in [-0.4, -0.2) is 66.2 Å². The summed E-state index contributed by atoms with van der Waals surface area (Å²) < 4.78 is 0.885. The Morgan fingerprint density at radius 3 is 2.59 bits per heavy atom. The summed E-state index contributed by atoms with van der Waals surface area (Å²) in [5.41, 5.74) is 0.762. The van der Waals surface area contributed by atoms with Crippen molar-refractivity contribution in [2.45, 2.75) is 19.3 Å². The average Bonchev–Trinajstić information content (AvgIpc) is 3.15. The molecule has 0 bridgehead atoms. The second-order valence-electron chi connectivity index (χ2n) is 6.68. The second-order valence-corrected chi connectivity index (χ2v) is 8.13. The van der Waals surface area contributed by atoms with E-state index in [-0.39, 0.29) is 37.1 Å². The number of imide groups is 1. The van der Waals surface area contributed by atoms with E-state index in [1.54, 1.807) is 11.0 Å². The molecule has 144 valence electrons. The van der Waals surface area contributed by atoms with Crippen LogP contribution in [0.25, 0.3) is 10.2 Å². The molecule has 1 aliphatic rings. The number of hydrogen-bond donors (Lipinski definition) is 0. The Morgan fingerprint density at radius 2 is 1.93 bits per heavy atom. The van der Waals surface area contributed by atoms with Crippen LogP contribution in [0.1, 0.15) is 19.3 Å². The van der Waals surface area contributed by atoms with E-state index >= 15 is 0 Å². The minimum absolute atomic E-state index is 0.173. The van der Waals surface area contributed by atoms with Crippen LogP contribution in [-0.2, 0) is 14.4 Å². The molecule has 2 heterocycles. The zero-order valence-corrected chi connectivity index (χ0v) is 16.8. The molecule has 0 aliphatic carbocycles. The SMILES string of the molecule is CN(C)CCCN(C(=O)CN1C(=O)CCC1=O)c1nc2ccc(Cl)cc2s1. The van der Waals surface area contributed by atoms with Gasteiger partial charge in [-0.3, -0.25) is 24.2 Å². The highest BCUT2D eigenvalue weighted by atomic mass is 35.5. The highest BCUT2D eigenvalue weighted by Gasteiger charge is 2.32. The molecule has 1 aromatic heterocycles. The maximum Gasteiger partial charge on any atom is 0.248 e. The molecule has 3 rings (SSSR count). The number of rotatable bonds is 7. The monoisotopic (exact) mass is 408 g/mol. The van der Waals surface area contributed by atoms with Gasteiger partial charge in [-0.2, -0.15) is 0 Å². The number of nitrogens with zero attached hydrogens (tertiary/aromatic N) is 4. The van der Waals surface area contributed by atoms with Crippen molar-refractivity contribution in [2.24, 2.45) is 0 Å². The first-order valence-corrected chi connectivity index (χ1v) is 9.89. The lowest BCUT2D eigenvalue weighted by Crippen LogP contribution is -2.43. The van der Waals surface area contributed by atoms with E-state index in [4.69, 9.17) is 11.6 Å². The summed E-state index contributed by atoms with van der Waals surface area (Å²) in [4.78, 5) is 45.8. The molecule has 1 fully saturated rings. The maximum absolute atomic E-state index is 12.9. The van der Waals surface area contributed by atoms with E-state index in [1.807, 2.05) is 31.1 Å². The van der Waals surface area contributed by atoms with Crippen molar-refractivity contribution < 1.29 is 14.4 Å². The summed E-state index contributed by atoms with van der Waals surface area (Å²) in [6.45, 7) is 1.03. The predicted molar refractivity (Wildman–Crippen MR) is 106 cm³/mol. The molecule has 0 radical (unpaired) electrons. The standard InChI is InChI=1S/C18H21ClN4O3S/c1-21(2)8-3-9-22(17(26)11-23-15(24)6-7-16(23)25)18-20-13-5-4-12(19)10-14(13)27-18/h4-5,10H,3,6-9,11H2,1-2H3. The van der Waals surface area contributed by atoms with Crippen LogP contribution in [0.4, 0.5) is 5.13 Å². The number of amides is 3. The van der Waals surface area contributed by atoms with Gasteiger partial charge >= 0.3 is 0 Å². The van der Waals surface area contributed by atoms with Crippen molar-refractivity contribution in [1.29, 1.82) is 0 Å². The van der Waals surface area contributed by atoms with Crippen molar-refractivity contribution in [1.82, 2.24) is 14.8 Å². The molecule has 0 spiro atoms. The predicted octanol–water partition coefficient (Wildman–Crippen LogP) is 2.38. The summed E-state index contributed by atoms with van der Waals surface area (Å²) >= 11 is 7.42. The minimum atomic E-state index is -0.303. The van der Waals surface area contributed by atoms with Gasteiger partial charge in [-0.15, -0.1) is 0 Å². The van der Waals surface area contributed by atoms with Crippen molar-refractivity contribution in [3.05, 3.63) is 23.2 Å². The maximum atomic E-state index is 12.9. The number of halogens is 1. The summed E-state index contributed by atoms with van der Waals surface area (Å²) in [6.07, 6.45) is 1.09. The number of benzene rings is 1. The number of thiazole rings is 1. The zero-order valence-electron chi connectivity index (χ0n) is 15.3. The molecule has 0 atom stereocenters. The molecule has 1 aliphatic heterocycles. The van der Waals surface area contributed by atoms with E-state index in [1.165, 1.54) is 11.3 Å². The van der Waals surface area contributed by atoms with Crippen LogP contribution in [0.3, 0.4) is 0 Å². The molecule has 1 aromatic carbocycles. The molecule has 7 nitrogen and oxygen atoms in total. The van der Waals surface area contributed by atoms with Crippen LogP contribution >= 0.6 is 22.9 Å². The molecule has 27 heavy (non-hydrogen) atoms. The quantitative estimate of drug-likeness (QED) is 0.657. The van der Waals surface area contributed by atoms with Gasteiger partial charge in [0.1, 0.15) is 6.54 Å². The lowest BCUT2D eigenvalue weighted by molar-refractivity contribution is -0.141. The number of carbonyl (C=O) groups is 3.